The number of nitrogens with zero attached hydrogens (tertiary/aromatic N) is 6. The topological polar surface area (TPSA) is 59.7 Å². The van der Waals surface area contributed by atoms with Gasteiger partial charge in [0.2, 0.25) is 0 Å². The van der Waals surface area contributed by atoms with Gasteiger partial charge in [-0.2, -0.15) is 0 Å². The summed E-state index contributed by atoms with van der Waals surface area (Å²) < 4.78 is 2.00. The Morgan fingerprint density at radius 1 is 1.04 bits per heavy atom. The van der Waals surface area contributed by atoms with Gasteiger partial charge < -0.3 is 4.57 Å². The molecule has 26 heavy (non-hydrogen) atoms. The fraction of sp³-hybridized carbons (Fsp3) is 0.400. The highest BCUT2D eigenvalue weighted by Gasteiger charge is 2.22. The van der Waals surface area contributed by atoms with Crippen molar-refractivity contribution in [2.75, 3.05) is 13.1 Å². The molecule has 0 N–H and O–H groups in total. The van der Waals surface area contributed by atoms with Crippen LogP contribution in [0.15, 0.2) is 49.4 Å². The lowest BCUT2D eigenvalue weighted by Gasteiger charge is -2.32. The van der Waals surface area contributed by atoms with Crippen LogP contribution in [-0.4, -0.2) is 42.5 Å². The van der Waals surface area contributed by atoms with Crippen molar-refractivity contribution >= 4 is 0 Å². The fourth-order valence-electron chi connectivity index (χ4n) is 3.69. The van der Waals surface area contributed by atoms with Gasteiger partial charge in [-0.25, -0.2) is 4.98 Å². The molecule has 0 atom stereocenters. The molecule has 1 saturated heterocycles. The highest BCUT2D eigenvalue weighted by molar-refractivity contribution is 5.56. The molecule has 3 aromatic rings. The van der Waals surface area contributed by atoms with Crippen LogP contribution in [0.5, 0.6) is 0 Å². The molecule has 1 aliphatic heterocycles. The Balaban J connectivity index is 1.39. The number of imidazole rings is 1. The van der Waals surface area contributed by atoms with Crippen molar-refractivity contribution in [2.45, 2.75) is 25.8 Å². The molecule has 1 aliphatic rings. The first-order valence-corrected chi connectivity index (χ1v) is 9.17. The summed E-state index contributed by atoms with van der Waals surface area (Å²) in [6, 6.07) is 4.16. The minimum atomic E-state index is 0.656. The van der Waals surface area contributed by atoms with Crippen molar-refractivity contribution in [3.63, 3.8) is 0 Å². The molecule has 0 radical (unpaired) electrons. The molecular weight excluding hydrogens is 324 g/mol. The van der Waals surface area contributed by atoms with Gasteiger partial charge in [0.25, 0.3) is 0 Å². The quantitative estimate of drug-likeness (QED) is 0.709. The maximum Gasteiger partial charge on any atom is 0.110 e. The number of pyridine rings is 1. The number of hydrogen-bond donors (Lipinski definition) is 0. The molecule has 134 valence electrons. The van der Waals surface area contributed by atoms with E-state index in [1.54, 1.807) is 12.4 Å². The van der Waals surface area contributed by atoms with Gasteiger partial charge in [-0.1, -0.05) is 6.07 Å². The monoisotopic (exact) mass is 348 g/mol. The first-order valence-electron chi connectivity index (χ1n) is 9.17. The number of hydrogen-bond acceptors (Lipinski definition) is 5. The van der Waals surface area contributed by atoms with Crippen LogP contribution in [-0.2, 0) is 20.0 Å². The van der Waals surface area contributed by atoms with Crippen LogP contribution in [0.1, 0.15) is 24.1 Å². The summed E-state index contributed by atoms with van der Waals surface area (Å²) in [5, 5.41) is 0. The van der Waals surface area contributed by atoms with Crippen LogP contribution in [0.2, 0.25) is 0 Å². The third kappa shape index (κ3) is 3.80. The Morgan fingerprint density at radius 2 is 1.88 bits per heavy atom. The average molecular weight is 348 g/mol. The van der Waals surface area contributed by atoms with Crippen molar-refractivity contribution < 1.29 is 0 Å². The van der Waals surface area contributed by atoms with Crippen molar-refractivity contribution in [3.8, 4) is 11.4 Å². The molecule has 4 rings (SSSR count). The minimum absolute atomic E-state index is 0.656. The predicted octanol–water partition coefficient (Wildman–Crippen LogP) is 2.73. The number of aromatic nitrogens is 5. The normalized spacial score (nSPS) is 16.0. The Labute approximate surface area is 154 Å². The summed E-state index contributed by atoms with van der Waals surface area (Å²) >= 11 is 0. The van der Waals surface area contributed by atoms with E-state index in [0.29, 0.717) is 5.92 Å². The molecule has 0 amide bonds. The Kier molecular flexibility index (Phi) is 5.02. The standard InChI is InChI=1S/C20H24N6/c1-25-15-22-13-19(25)20-18(23-7-8-24-20)11-16-4-9-26(10-5-16)14-17-3-2-6-21-12-17/h2-3,6-8,12-13,15-16H,4-5,9-11,14H2,1H3. The lowest BCUT2D eigenvalue weighted by Crippen LogP contribution is -2.34. The van der Waals surface area contributed by atoms with Crippen molar-refractivity contribution in [1.82, 2.24) is 29.4 Å². The van der Waals surface area contributed by atoms with E-state index >= 15 is 0 Å². The van der Waals surface area contributed by atoms with Crippen LogP contribution < -0.4 is 0 Å². The summed E-state index contributed by atoms with van der Waals surface area (Å²) in [4.78, 5) is 20.2. The smallest absolute Gasteiger partial charge is 0.110 e. The number of aryl methyl sites for hydroxylation is 1. The molecule has 3 aromatic heterocycles. The van der Waals surface area contributed by atoms with Gasteiger partial charge in [0.1, 0.15) is 5.69 Å². The van der Waals surface area contributed by atoms with Crippen molar-refractivity contribution in [3.05, 3.63) is 60.7 Å². The van der Waals surface area contributed by atoms with Crippen molar-refractivity contribution in [1.29, 1.82) is 0 Å². The number of rotatable bonds is 5. The summed E-state index contributed by atoms with van der Waals surface area (Å²) in [5.74, 6) is 0.656. The van der Waals surface area contributed by atoms with Crippen LogP contribution in [0.3, 0.4) is 0 Å². The Bertz CT molecular complexity index is 836. The van der Waals surface area contributed by atoms with Crippen LogP contribution in [0.25, 0.3) is 11.4 Å². The molecule has 6 nitrogen and oxygen atoms in total. The Hall–Kier alpha value is -2.60. The maximum absolute atomic E-state index is 4.63. The molecule has 0 unspecified atom stereocenters. The zero-order chi connectivity index (χ0) is 17.8. The molecule has 0 aromatic carbocycles. The molecule has 1 fully saturated rings. The second kappa shape index (κ2) is 7.74. The molecule has 4 heterocycles. The number of likely N-dealkylation sites (tertiary alicyclic amines) is 1. The van der Waals surface area contributed by atoms with E-state index in [4.69, 9.17) is 0 Å². The predicted molar refractivity (Wildman–Crippen MR) is 100 cm³/mol. The van der Waals surface area contributed by atoms with E-state index in [2.05, 4.69) is 30.9 Å². The molecule has 6 heteroatoms. The first-order chi connectivity index (χ1) is 12.8. The summed E-state index contributed by atoms with van der Waals surface area (Å²) in [6.07, 6.45) is 14.4. The van der Waals surface area contributed by atoms with Crippen LogP contribution in [0, 0.1) is 5.92 Å². The zero-order valence-corrected chi connectivity index (χ0v) is 15.1. The van der Waals surface area contributed by atoms with Crippen LogP contribution >= 0.6 is 0 Å². The molecule has 0 aliphatic carbocycles. The summed E-state index contributed by atoms with van der Waals surface area (Å²) in [7, 11) is 2.00. The molecule has 0 spiro atoms. The summed E-state index contributed by atoms with van der Waals surface area (Å²) in [6.45, 7) is 3.24. The Morgan fingerprint density at radius 3 is 2.62 bits per heavy atom. The second-order valence-corrected chi connectivity index (χ2v) is 7.03. The van der Waals surface area contributed by atoms with E-state index in [9.17, 15) is 0 Å². The lowest BCUT2D eigenvalue weighted by atomic mass is 9.91. The second-order valence-electron chi connectivity index (χ2n) is 7.03. The third-order valence-electron chi connectivity index (χ3n) is 5.15. The van der Waals surface area contributed by atoms with Gasteiger partial charge in [-0.05, 0) is 49.9 Å². The largest absolute Gasteiger partial charge is 0.332 e. The van der Waals surface area contributed by atoms with Crippen molar-refractivity contribution in [2.24, 2.45) is 13.0 Å². The highest BCUT2D eigenvalue weighted by Crippen LogP contribution is 2.26. The van der Waals surface area contributed by atoms with Crippen LogP contribution in [0.4, 0.5) is 0 Å². The van der Waals surface area contributed by atoms with Gasteiger partial charge in [0.05, 0.1) is 23.9 Å². The highest BCUT2D eigenvalue weighted by atomic mass is 15.1. The fourth-order valence-corrected chi connectivity index (χ4v) is 3.69. The maximum atomic E-state index is 4.63. The average Bonchev–Trinajstić information content (AvgIpc) is 3.10. The number of piperidine rings is 1. The van der Waals surface area contributed by atoms with E-state index in [0.717, 1.165) is 43.1 Å². The van der Waals surface area contributed by atoms with E-state index in [1.807, 2.05) is 42.6 Å². The molecule has 0 bridgehead atoms. The summed E-state index contributed by atoms with van der Waals surface area (Å²) in [5.41, 5.74) is 4.37. The van der Waals surface area contributed by atoms with Gasteiger partial charge >= 0.3 is 0 Å². The first kappa shape index (κ1) is 16.8. The van der Waals surface area contributed by atoms with E-state index < -0.39 is 0 Å². The van der Waals surface area contributed by atoms with Gasteiger partial charge in [0, 0.05) is 38.4 Å². The van der Waals surface area contributed by atoms with Gasteiger partial charge in [0.15, 0.2) is 0 Å². The van der Waals surface area contributed by atoms with E-state index in [-0.39, 0.29) is 0 Å². The van der Waals surface area contributed by atoms with Gasteiger partial charge in [-0.15, -0.1) is 0 Å². The third-order valence-corrected chi connectivity index (χ3v) is 5.15. The minimum Gasteiger partial charge on any atom is -0.332 e. The van der Waals surface area contributed by atoms with E-state index in [1.165, 1.54) is 18.4 Å². The molecular formula is C20H24N6. The zero-order valence-electron chi connectivity index (χ0n) is 15.1. The SMILES string of the molecule is Cn1cncc1-c1nccnc1CC1CCN(Cc2cccnc2)CC1. The lowest BCUT2D eigenvalue weighted by molar-refractivity contribution is 0.176. The van der Waals surface area contributed by atoms with Gasteiger partial charge in [-0.3, -0.25) is 19.9 Å². The molecule has 0 saturated carbocycles.